The Hall–Kier alpha value is -1.22. The molecule has 0 aliphatic rings. The molecule has 0 amide bonds. The minimum Gasteiger partial charge on any atom is -0.383 e. The second-order valence-corrected chi connectivity index (χ2v) is 6.19. The summed E-state index contributed by atoms with van der Waals surface area (Å²) in [5.41, 5.74) is -0.350. The van der Waals surface area contributed by atoms with E-state index in [9.17, 15) is 13.2 Å². The van der Waals surface area contributed by atoms with Gasteiger partial charge in [-0.3, -0.25) is 4.79 Å². The fourth-order valence-corrected chi connectivity index (χ4v) is 3.34. The van der Waals surface area contributed by atoms with Gasteiger partial charge in [-0.05, 0) is 13.0 Å². The first kappa shape index (κ1) is 16.8. The van der Waals surface area contributed by atoms with Crippen LogP contribution in [-0.2, 0) is 19.5 Å². The zero-order valence-corrected chi connectivity index (χ0v) is 12.6. The third-order valence-electron chi connectivity index (χ3n) is 2.78. The van der Waals surface area contributed by atoms with Crippen molar-refractivity contribution in [2.24, 2.45) is 0 Å². The Balaban J connectivity index is 3.09. The Morgan fingerprint density at radius 1 is 1.30 bits per heavy atom. The lowest BCUT2D eigenvalue weighted by Crippen LogP contribution is -2.43. The highest BCUT2D eigenvalue weighted by atomic mass is 32.2. The molecule has 0 saturated heterocycles. The van der Waals surface area contributed by atoms with Crippen LogP contribution in [0.3, 0.4) is 0 Å². The van der Waals surface area contributed by atoms with E-state index in [1.54, 1.807) is 6.92 Å². The highest BCUT2D eigenvalue weighted by Gasteiger charge is 2.28. The van der Waals surface area contributed by atoms with Gasteiger partial charge in [0, 0.05) is 39.1 Å². The van der Waals surface area contributed by atoms with E-state index in [4.69, 9.17) is 9.47 Å². The summed E-state index contributed by atoms with van der Waals surface area (Å²) in [5.74, 6) is 0. The monoisotopic (exact) mass is 304 g/mol. The fourth-order valence-electron chi connectivity index (χ4n) is 1.78. The Kier molecular flexibility index (Phi) is 6.34. The van der Waals surface area contributed by atoms with Crippen molar-refractivity contribution in [3.05, 3.63) is 28.7 Å². The van der Waals surface area contributed by atoms with Crippen molar-refractivity contribution in [3.8, 4) is 0 Å². The van der Waals surface area contributed by atoms with Crippen LogP contribution in [-0.4, -0.2) is 57.7 Å². The lowest BCUT2D eigenvalue weighted by Gasteiger charge is -2.27. The summed E-state index contributed by atoms with van der Waals surface area (Å²) < 4.78 is 36.4. The van der Waals surface area contributed by atoms with Crippen LogP contribution in [0.4, 0.5) is 0 Å². The van der Waals surface area contributed by atoms with Gasteiger partial charge in [0.15, 0.2) is 0 Å². The Morgan fingerprint density at radius 3 is 2.50 bits per heavy atom. The van der Waals surface area contributed by atoms with Gasteiger partial charge in [0.2, 0.25) is 15.6 Å². The number of aromatic nitrogens is 1. The van der Waals surface area contributed by atoms with Crippen molar-refractivity contribution in [1.29, 1.82) is 0 Å². The van der Waals surface area contributed by atoms with Gasteiger partial charge >= 0.3 is 0 Å². The number of sulfonamides is 1. The van der Waals surface area contributed by atoms with Crippen molar-refractivity contribution in [2.75, 3.05) is 34.0 Å². The first-order chi connectivity index (χ1) is 9.43. The van der Waals surface area contributed by atoms with E-state index in [2.05, 4.69) is 4.98 Å². The van der Waals surface area contributed by atoms with Crippen LogP contribution < -0.4 is 5.56 Å². The Bertz CT molecular complexity index is 549. The van der Waals surface area contributed by atoms with Crippen LogP contribution in [0.1, 0.15) is 6.92 Å². The largest absolute Gasteiger partial charge is 0.383 e. The molecule has 1 unspecified atom stereocenters. The molecule has 0 radical (unpaired) electrons. The maximum absolute atomic E-state index is 12.6. The number of nitrogens with zero attached hydrogens (tertiary/aromatic N) is 1. The predicted molar refractivity (Wildman–Crippen MR) is 74.2 cm³/mol. The van der Waals surface area contributed by atoms with Crippen LogP contribution >= 0.6 is 0 Å². The summed E-state index contributed by atoms with van der Waals surface area (Å²) in [6.45, 7) is 2.51. The van der Waals surface area contributed by atoms with Gasteiger partial charge in [-0.2, -0.15) is 4.31 Å². The summed E-state index contributed by atoms with van der Waals surface area (Å²) in [5, 5.41) is 0. The molecule has 0 bridgehead atoms. The molecule has 0 fully saturated rings. The van der Waals surface area contributed by atoms with Crippen LogP contribution in [0, 0.1) is 0 Å². The second kappa shape index (κ2) is 7.53. The zero-order chi connectivity index (χ0) is 15.2. The molecule has 114 valence electrons. The predicted octanol–water partition coefficient (Wildman–Crippen LogP) is 0.0469. The van der Waals surface area contributed by atoms with Crippen LogP contribution in [0.25, 0.3) is 0 Å². The van der Waals surface area contributed by atoms with Gasteiger partial charge in [0.25, 0.3) is 0 Å². The van der Waals surface area contributed by atoms with E-state index in [0.29, 0.717) is 0 Å². The SMILES string of the molecule is COCCN(C(C)COC)S(=O)(=O)c1ccc(=O)[nH]c1. The van der Waals surface area contributed by atoms with Gasteiger partial charge in [-0.25, -0.2) is 8.42 Å². The summed E-state index contributed by atoms with van der Waals surface area (Å²) in [6.07, 6.45) is 1.19. The average molecular weight is 304 g/mol. The van der Waals surface area contributed by atoms with E-state index in [-0.39, 0.29) is 36.3 Å². The average Bonchev–Trinajstić information content (AvgIpc) is 2.39. The second-order valence-electron chi connectivity index (χ2n) is 4.30. The number of pyridine rings is 1. The van der Waals surface area contributed by atoms with E-state index in [1.807, 2.05) is 0 Å². The van der Waals surface area contributed by atoms with Crippen molar-refractivity contribution < 1.29 is 17.9 Å². The van der Waals surface area contributed by atoms with E-state index >= 15 is 0 Å². The van der Waals surface area contributed by atoms with Crippen molar-refractivity contribution >= 4 is 10.0 Å². The molecule has 7 nitrogen and oxygen atoms in total. The number of hydrogen-bond donors (Lipinski definition) is 1. The topological polar surface area (TPSA) is 88.7 Å². The smallest absolute Gasteiger partial charge is 0.247 e. The molecule has 0 aliphatic carbocycles. The Labute approximate surface area is 118 Å². The van der Waals surface area contributed by atoms with Crippen LogP contribution in [0.2, 0.25) is 0 Å². The molecule has 0 aliphatic heterocycles. The number of methoxy groups -OCH3 is 2. The number of rotatable bonds is 8. The van der Waals surface area contributed by atoms with Gasteiger partial charge in [-0.15, -0.1) is 0 Å². The molecule has 0 saturated carbocycles. The highest BCUT2D eigenvalue weighted by molar-refractivity contribution is 7.89. The molecule has 0 spiro atoms. The molecule has 1 aromatic rings. The van der Waals surface area contributed by atoms with E-state index in [0.717, 1.165) is 0 Å². The number of H-pyrrole nitrogens is 1. The third-order valence-corrected chi connectivity index (χ3v) is 4.79. The zero-order valence-electron chi connectivity index (χ0n) is 11.8. The maximum Gasteiger partial charge on any atom is 0.247 e. The maximum atomic E-state index is 12.6. The molecule has 1 atom stereocenters. The van der Waals surface area contributed by atoms with Gasteiger partial charge in [-0.1, -0.05) is 0 Å². The molecular weight excluding hydrogens is 284 g/mol. The minimum absolute atomic E-state index is 0.0381. The molecule has 8 heteroatoms. The van der Waals surface area contributed by atoms with Crippen molar-refractivity contribution in [2.45, 2.75) is 17.9 Å². The molecule has 0 aromatic carbocycles. The molecule has 1 heterocycles. The summed E-state index contributed by atoms with van der Waals surface area (Å²) in [6, 6.07) is 2.13. The van der Waals surface area contributed by atoms with Gasteiger partial charge in [0.05, 0.1) is 18.1 Å². The van der Waals surface area contributed by atoms with Crippen LogP contribution in [0.15, 0.2) is 28.0 Å². The van der Waals surface area contributed by atoms with Crippen molar-refractivity contribution in [1.82, 2.24) is 9.29 Å². The third kappa shape index (κ3) is 4.14. The molecule has 20 heavy (non-hydrogen) atoms. The lowest BCUT2D eigenvalue weighted by molar-refractivity contribution is 0.119. The number of ether oxygens (including phenoxy) is 2. The number of aromatic amines is 1. The standard InChI is InChI=1S/C12H20N2O5S/c1-10(9-19-3)14(6-7-18-2)20(16,17)11-4-5-12(15)13-8-11/h4-5,8,10H,6-7,9H2,1-3H3,(H,13,15). The normalized spacial score (nSPS) is 13.6. The fraction of sp³-hybridized carbons (Fsp3) is 0.583. The molecule has 1 aromatic heterocycles. The lowest BCUT2D eigenvalue weighted by atomic mass is 10.3. The quantitative estimate of drug-likeness (QED) is 0.733. The summed E-state index contributed by atoms with van der Waals surface area (Å²) >= 11 is 0. The minimum atomic E-state index is -3.71. The Morgan fingerprint density at radius 2 is 2.00 bits per heavy atom. The summed E-state index contributed by atoms with van der Waals surface area (Å²) in [7, 11) is -0.691. The van der Waals surface area contributed by atoms with Gasteiger partial charge in [0.1, 0.15) is 0 Å². The first-order valence-electron chi connectivity index (χ1n) is 6.12. The number of nitrogens with one attached hydrogen (secondary N) is 1. The molecular formula is C12H20N2O5S. The van der Waals surface area contributed by atoms with E-state index in [1.165, 1.54) is 36.9 Å². The van der Waals surface area contributed by atoms with Crippen LogP contribution in [0.5, 0.6) is 0 Å². The molecule has 1 rings (SSSR count). The first-order valence-corrected chi connectivity index (χ1v) is 7.56. The molecule has 1 N–H and O–H groups in total. The van der Waals surface area contributed by atoms with Gasteiger partial charge < -0.3 is 14.5 Å². The number of hydrogen-bond acceptors (Lipinski definition) is 5. The van der Waals surface area contributed by atoms with E-state index < -0.39 is 10.0 Å². The summed E-state index contributed by atoms with van der Waals surface area (Å²) in [4.78, 5) is 13.4. The van der Waals surface area contributed by atoms with Crippen molar-refractivity contribution in [3.63, 3.8) is 0 Å². The highest BCUT2D eigenvalue weighted by Crippen LogP contribution is 2.16.